The molecule has 1 saturated heterocycles. The smallest absolute Gasteiger partial charge is 0.344 e. The first-order valence-electron chi connectivity index (χ1n) is 13.0. The third-order valence-corrected chi connectivity index (χ3v) is 6.49. The molecule has 2 aliphatic rings. The molecule has 216 valence electrons. The lowest BCUT2D eigenvalue weighted by Crippen LogP contribution is -2.58. The first kappa shape index (κ1) is 35.2. The van der Waals surface area contributed by atoms with Crippen LogP contribution >= 0.6 is 0 Å². The number of nitrogens with zero attached hydrogens (tertiary/aromatic N) is 3. The number of alkyl halides is 6. The fourth-order valence-electron chi connectivity index (χ4n) is 4.37. The molecule has 0 bridgehead atoms. The molecule has 0 N–H and O–H groups in total. The zero-order valence-electron chi connectivity index (χ0n) is 22.4. The summed E-state index contributed by atoms with van der Waals surface area (Å²) in [5, 5.41) is 0. The topological polar surface area (TPSA) is 26.8 Å². The van der Waals surface area contributed by atoms with E-state index in [0.29, 0.717) is 11.8 Å². The Morgan fingerprint density at radius 2 is 1.43 bits per heavy atom. The van der Waals surface area contributed by atoms with Gasteiger partial charge in [0.1, 0.15) is 0 Å². The monoisotopic (exact) mass is 541 g/mol. The number of hydrogen-bond acceptors (Lipinski definition) is 3. The van der Waals surface area contributed by atoms with Gasteiger partial charge < -0.3 is 9.80 Å². The Kier molecular flexibility index (Phi) is 17.5. The second-order valence-corrected chi connectivity index (χ2v) is 9.40. The molecule has 1 aliphatic carbocycles. The van der Waals surface area contributed by atoms with Crippen LogP contribution in [0.4, 0.5) is 26.3 Å². The average Bonchev–Trinajstić information content (AvgIpc) is 2.87. The number of rotatable bonds is 9. The zero-order valence-corrected chi connectivity index (χ0v) is 22.4. The number of halogens is 6. The van der Waals surface area contributed by atoms with Crippen LogP contribution in [-0.2, 0) is 4.79 Å². The van der Waals surface area contributed by atoms with Crippen molar-refractivity contribution in [2.45, 2.75) is 76.7 Å². The molecule has 4 nitrogen and oxygen atoms in total. The lowest BCUT2D eigenvalue weighted by atomic mass is 9.82. The van der Waals surface area contributed by atoms with Crippen molar-refractivity contribution in [3.05, 3.63) is 38.0 Å². The number of carbonyl (C=O) groups is 1. The molecular weight excluding hydrogens is 496 g/mol. The van der Waals surface area contributed by atoms with Crippen LogP contribution in [0, 0.1) is 5.92 Å². The van der Waals surface area contributed by atoms with E-state index in [0.717, 1.165) is 39.1 Å². The van der Waals surface area contributed by atoms with Gasteiger partial charge in [0, 0.05) is 51.9 Å². The first-order valence-corrected chi connectivity index (χ1v) is 13.0. The molecule has 1 aliphatic heterocycles. The zero-order chi connectivity index (χ0) is 28.5. The maximum absolute atomic E-state index is 13.2. The van der Waals surface area contributed by atoms with Crippen LogP contribution in [0.25, 0.3) is 0 Å². The summed E-state index contributed by atoms with van der Waals surface area (Å²) in [5.74, 6) is 0.894. The quantitative estimate of drug-likeness (QED) is 0.236. The van der Waals surface area contributed by atoms with Gasteiger partial charge in [0.15, 0.2) is 0 Å². The SMILES string of the molecule is C=CC(F)(F)F.C=CC(F)(F)F.C=CCCN(C)C(=O)C(C1CCCCC1)N1CCN(CCCC)CC1. The van der Waals surface area contributed by atoms with Crippen molar-refractivity contribution in [3.63, 3.8) is 0 Å². The summed E-state index contributed by atoms with van der Waals surface area (Å²) >= 11 is 0. The van der Waals surface area contributed by atoms with Gasteiger partial charge in [-0.3, -0.25) is 9.69 Å². The van der Waals surface area contributed by atoms with E-state index in [9.17, 15) is 31.1 Å². The van der Waals surface area contributed by atoms with Crippen LogP contribution in [0.1, 0.15) is 58.3 Å². The van der Waals surface area contributed by atoms with Crippen molar-refractivity contribution >= 4 is 5.91 Å². The van der Waals surface area contributed by atoms with Crippen LogP contribution in [0.5, 0.6) is 0 Å². The molecule has 1 atom stereocenters. The fourth-order valence-corrected chi connectivity index (χ4v) is 4.37. The molecule has 0 radical (unpaired) electrons. The van der Waals surface area contributed by atoms with Crippen LogP contribution in [0.3, 0.4) is 0 Å². The molecule has 0 aromatic rings. The average molecular weight is 542 g/mol. The molecule has 1 saturated carbocycles. The summed E-state index contributed by atoms with van der Waals surface area (Å²) in [6, 6.07) is 0.100. The number of allylic oxidation sites excluding steroid dienone is 2. The van der Waals surface area contributed by atoms with Crippen molar-refractivity contribution < 1.29 is 31.1 Å². The lowest BCUT2D eigenvalue weighted by molar-refractivity contribution is -0.139. The number of hydrogen-bond donors (Lipinski definition) is 0. The normalized spacial score (nSPS) is 18.4. The summed E-state index contributed by atoms with van der Waals surface area (Å²) in [4.78, 5) is 20.3. The molecule has 37 heavy (non-hydrogen) atoms. The summed E-state index contributed by atoms with van der Waals surface area (Å²) < 4.78 is 64.0. The first-order chi connectivity index (χ1) is 17.3. The summed E-state index contributed by atoms with van der Waals surface area (Å²) in [5.41, 5.74) is 0. The molecule has 0 aromatic carbocycles. The highest BCUT2D eigenvalue weighted by molar-refractivity contribution is 5.82. The number of unbranched alkanes of at least 4 members (excludes halogenated alkanes) is 1. The van der Waals surface area contributed by atoms with E-state index < -0.39 is 12.4 Å². The Hall–Kier alpha value is -1.81. The molecule has 1 unspecified atom stereocenters. The molecule has 1 amide bonds. The summed E-state index contributed by atoms with van der Waals surface area (Å²) in [6.07, 6.45) is 3.20. The van der Waals surface area contributed by atoms with Gasteiger partial charge in [0.2, 0.25) is 5.91 Å². The number of piperazine rings is 1. The Morgan fingerprint density at radius 1 is 0.946 bits per heavy atom. The molecule has 10 heteroatoms. The Morgan fingerprint density at radius 3 is 1.84 bits per heavy atom. The number of amides is 1. The predicted octanol–water partition coefficient (Wildman–Crippen LogP) is 6.86. The highest BCUT2D eigenvalue weighted by Crippen LogP contribution is 2.30. The summed E-state index contributed by atoms with van der Waals surface area (Å²) in [7, 11) is 1.97. The van der Waals surface area contributed by atoms with Crippen LogP contribution < -0.4 is 0 Å². The van der Waals surface area contributed by atoms with Gasteiger partial charge >= 0.3 is 12.4 Å². The Bertz CT molecular complexity index is 634. The molecule has 1 heterocycles. The second-order valence-electron chi connectivity index (χ2n) is 9.40. The predicted molar refractivity (Wildman–Crippen MR) is 138 cm³/mol. The van der Waals surface area contributed by atoms with E-state index in [-0.39, 0.29) is 18.2 Å². The summed E-state index contributed by atoms with van der Waals surface area (Å²) in [6.45, 7) is 17.4. The maximum atomic E-state index is 13.2. The van der Waals surface area contributed by atoms with E-state index in [1.165, 1.54) is 51.5 Å². The maximum Gasteiger partial charge on any atom is 0.409 e. The van der Waals surface area contributed by atoms with Crippen LogP contribution in [-0.4, -0.2) is 85.3 Å². The molecule has 2 fully saturated rings. The van der Waals surface area contributed by atoms with E-state index in [1.54, 1.807) is 0 Å². The van der Waals surface area contributed by atoms with Gasteiger partial charge in [-0.1, -0.05) is 51.8 Å². The largest absolute Gasteiger partial charge is 0.409 e. The van der Waals surface area contributed by atoms with Crippen molar-refractivity contribution in [2.75, 3.05) is 46.3 Å². The highest BCUT2D eigenvalue weighted by atomic mass is 19.4. The van der Waals surface area contributed by atoms with Crippen molar-refractivity contribution in [2.24, 2.45) is 5.92 Å². The molecule has 0 spiro atoms. The third-order valence-electron chi connectivity index (χ3n) is 6.49. The van der Waals surface area contributed by atoms with E-state index in [1.807, 2.05) is 18.0 Å². The Balaban J connectivity index is 0.000000896. The van der Waals surface area contributed by atoms with E-state index >= 15 is 0 Å². The number of carbonyl (C=O) groups excluding carboxylic acids is 1. The minimum atomic E-state index is -4.19. The van der Waals surface area contributed by atoms with Crippen molar-refractivity contribution in [3.8, 4) is 0 Å². The van der Waals surface area contributed by atoms with Gasteiger partial charge in [-0.15, -0.1) is 6.58 Å². The van der Waals surface area contributed by atoms with Gasteiger partial charge in [0.25, 0.3) is 0 Å². The highest BCUT2D eigenvalue weighted by Gasteiger charge is 2.37. The Labute approximate surface area is 219 Å². The van der Waals surface area contributed by atoms with Crippen molar-refractivity contribution in [1.29, 1.82) is 0 Å². The molecule has 0 aromatic heterocycles. The number of likely N-dealkylation sites (N-methyl/N-ethyl adjacent to an activating group) is 1. The van der Waals surface area contributed by atoms with Gasteiger partial charge in [-0.2, -0.15) is 26.3 Å². The lowest BCUT2D eigenvalue weighted by Gasteiger charge is -2.43. The fraction of sp³-hybridized carbons (Fsp3) is 0.741. The minimum absolute atomic E-state index is 0.0625. The van der Waals surface area contributed by atoms with Crippen molar-refractivity contribution in [1.82, 2.24) is 14.7 Å². The second kappa shape index (κ2) is 18.4. The van der Waals surface area contributed by atoms with Gasteiger partial charge in [-0.05, 0) is 38.1 Å². The van der Waals surface area contributed by atoms with Crippen LogP contribution in [0.2, 0.25) is 0 Å². The standard InChI is InChI=1S/C21H39N3O.2C3H3F3/c1-4-6-13-22(3)21(25)20(19-11-9-8-10-12-19)24-17-15-23(16-18-24)14-7-5-2;2*1-2-3(4,5)6/h4,19-20H,1,5-18H2,2-3H3;2*2H,1H2. The molecular formula is C27H45F6N3O. The minimum Gasteiger partial charge on any atom is -0.344 e. The van der Waals surface area contributed by atoms with Gasteiger partial charge in [-0.25, -0.2) is 0 Å². The van der Waals surface area contributed by atoms with Crippen LogP contribution in [0.15, 0.2) is 38.0 Å². The third kappa shape index (κ3) is 16.6. The van der Waals surface area contributed by atoms with Gasteiger partial charge in [0.05, 0.1) is 6.04 Å². The molecule has 2 rings (SSSR count). The van der Waals surface area contributed by atoms with E-state index in [4.69, 9.17) is 0 Å². The van der Waals surface area contributed by atoms with E-state index in [2.05, 4.69) is 36.5 Å².